The summed E-state index contributed by atoms with van der Waals surface area (Å²) in [5, 5.41) is 11.0. The van der Waals surface area contributed by atoms with E-state index in [1.54, 1.807) is 0 Å². The van der Waals surface area contributed by atoms with Crippen LogP contribution in [0.2, 0.25) is 0 Å². The smallest absolute Gasteiger partial charge is 0.267 e. The van der Waals surface area contributed by atoms with E-state index >= 15 is 0 Å². The van der Waals surface area contributed by atoms with Crippen LogP contribution in [-0.4, -0.2) is 56.7 Å². The molecule has 1 saturated heterocycles. The third-order valence-electron chi connectivity index (χ3n) is 1.20. The summed E-state index contributed by atoms with van der Waals surface area (Å²) >= 11 is 0. The molecular weight excluding hydrogens is 198 g/mol. The first-order valence-electron chi connectivity index (χ1n) is 3.91. The lowest BCUT2D eigenvalue weighted by Crippen LogP contribution is -2.30. The van der Waals surface area contributed by atoms with Gasteiger partial charge in [-0.2, -0.15) is 8.42 Å². The summed E-state index contributed by atoms with van der Waals surface area (Å²) in [7, 11) is -3.92. The highest BCUT2D eigenvalue weighted by molar-refractivity contribution is 7.85. The number of morpholine rings is 1. The van der Waals surface area contributed by atoms with E-state index in [2.05, 4.69) is 5.32 Å². The molecule has 0 aromatic carbocycles. The van der Waals surface area contributed by atoms with E-state index in [9.17, 15) is 8.42 Å². The third kappa shape index (κ3) is 11.8. The van der Waals surface area contributed by atoms with Gasteiger partial charge in [0.1, 0.15) is 0 Å². The molecule has 7 heteroatoms. The first-order valence-corrected chi connectivity index (χ1v) is 5.51. The number of rotatable bonds is 2. The van der Waals surface area contributed by atoms with Gasteiger partial charge in [0.25, 0.3) is 10.1 Å². The molecule has 0 atom stereocenters. The molecule has 1 heterocycles. The number of aliphatic hydroxyl groups is 1. The molecule has 1 rings (SSSR count). The zero-order chi connectivity index (χ0) is 10.2. The zero-order valence-electron chi connectivity index (χ0n) is 7.27. The predicted molar refractivity (Wildman–Crippen MR) is 47.2 cm³/mol. The molecule has 0 saturated carbocycles. The maximum absolute atomic E-state index is 9.63. The molecule has 0 aromatic rings. The molecule has 0 amide bonds. The van der Waals surface area contributed by atoms with Gasteiger partial charge >= 0.3 is 0 Å². The van der Waals surface area contributed by atoms with Crippen LogP contribution in [0.5, 0.6) is 0 Å². The highest BCUT2D eigenvalue weighted by atomic mass is 32.2. The van der Waals surface area contributed by atoms with Crippen LogP contribution in [0.25, 0.3) is 0 Å². The minimum absolute atomic E-state index is 0.529. The molecule has 0 aromatic heterocycles. The van der Waals surface area contributed by atoms with Gasteiger partial charge < -0.3 is 15.2 Å². The molecule has 0 aliphatic carbocycles. The number of hydrogen-bond acceptors (Lipinski definition) is 5. The predicted octanol–water partition coefficient (Wildman–Crippen LogP) is -1.53. The lowest BCUT2D eigenvalue weighted by Gasteiger charge is -2.10. The van der Waals surface area contributed by atoms with E-state index < -0.39 is 22.5 Å². The standard InChI is InChI=1S/C4H9NO.C2H6O4S/c1-3-6-4-2-5-1;3-1-2-7(4,5)6/h5H,1-4H2;3H,1-2H2,(H,4,5,6). The molecule has 80 valence electrons. The molecule has 0 radical (unpaired) electrons. The summed E-state index contributed by atoms with van der Waals surface area (Å²) in [6, 6.07) is 0. The van der Waals surface area contributed by atoms with E-state index in [4.69, 9.17) is 14.4 Å². The summed E-state index contributed by atoms with van der Waals surface area (Å²) in [4.78, 5) is 0. The molecular formula is C6H15NO5S. The number of nitrogens with one attached hydrogen (secondary N) is 1. The Morgan fingerprint density at radius 1 is 1.31 bits per heavy atom. The zero-order valence-corrected chi connectivity index (χ0v) is 8.09. The van der Waals surface area contributed by atoms with Crippen LogP contribution in [0.4, 0.5) is 0 Å². The van der Waals surface area contributed by atoms with Gasteiger partial charge in [-0.25, -0.2) is 0 Å². The fourth-order valence-electron chi connectivity index (χ4n) is 0.631. The van der Waals surface area contributed by atoms with Crippen LogP contribution >= 0.6 is 0 Å². The average molecular weight is 213 g/mol. The van der Waals surface area contributed by atoms with Crippen molar-refractivity contribution in [3.05, 3.63) is 0 Å². The van der Waals surface area contributed by atoms with Crippen molar-refractivity contribution in [1.29, 1.82) is 0 Å². The topological polar surface area (TPSA) is 95.9 Å². The van der Waals surface area contributed by atoms with Crippen molar-refractivity contribution in [3.8, 4) is 0 Å². The minimum Gasteiger partial charge on any atom is -0.395 e. The van der Waals surface area contributed by atoms with E-state index in [1.807, 2.05) is 0 Å². The van der Waals surface area contributed by atoms with Gasteiger partial charge in [-0.15, -0.1) is 0 Å². The Kier molecular flexibility index (Phi) is 7.10. The van der Waals surface area contributed by atoms with Gasteiger partial charge in [0.05, 0.1) is 25.6 Å². The number of aliphatic hydroxyl groups excluding tert-OH is 1. The molecule has 0 spiro atoms. The van der Waals surface area contributed by atoms with E-state index in [1.165, 1.54) is 0 Å². The molecule has 1 aliphatic rings. The van der Waals surface area contributed by atoms with Crippen LogP contribution < -0.4 is 5.32 Å². The van der Waals surface area contributed by atoms with E-state index in [0.717, 1.165) is 26.3 Å². The lowest BCUT2D eigenvalue weighted by molar-refractivity contribution is 0.109. The lowest BCUT2D eigenvalue weighted by atomic mass is 10.5. The van der Waals surface area contributed by atoms with Crippen molar-refractivity contribution in [3.63, 3.8) is 0 Å². The van der Waals surface area contributed by atoms with Gasteiger partial charge in [0, 0.05) is 13.1 Å². The Balaban J connectivity index is 0.000000223. The van der Waals surface area contributed by atoms with Gasteiger partial charge in [0.2, 0.25) is 0 Å². The molecule has 0 bridgehead atoms. The van der Waals surface area contributed by atoms with Crippen LogP contribution in [-0.2, 0) is 14.9 Å². The van der Waals surface area contributed by atoms with Gasteiger partial charge in [-0.05, 0) is 0 Å². The second kappa shape index (κ2) is 7.22. The molecule has 0 unspecified atom stereocenters. The van der Waals surface area contributed by atoms with E-state index in [0.29, 0.717) is 0 Å². The quantitative estimate of drug-likeness (QED) is 0.482. The van der Waals surface area contributed by atoms with Crippen LogP contribution in [0, 0.1) is 0 Å². The molecule has 1 aliphatic heterocycles. The van der Waals surface area contributed by atoms with Crippen LogP contribution in [0.15, 0.2) is 0 Å². The Labute approximate surface area is 77.7 Å². The Morgan fingerprint density at radius 2 is 1.85 bits per heavy atom. The average Bonchev–Trinajstić information content (AvgIpc) is 2.06. The van der Waals surface area contributed by atoms with Crippen molar-refractivity contribution >= 4 is 10.1 Å². The first kappa shape index (κ1) is 12.8. The summed E-state index contributed by atoms with van der Waals surface area (Å²) in [5.41, 5.74) is 0. The van der Waals surface area contributed by atoms with Gasteiger partial charge in [-0.1, -0.05) is 0 Å². The maximum atomic E-state index is 9.63. The third-order valence-corrected chi connectivity index (χ3v) is 1.89. The monoisotopic (exact) mass is 213 g/mol. The minimum atomic E-state index is -3.92. The molecule has 3 N–H and O–H groups in total. The van der Waals surface area contributed by atoms with Gasteiger partial charge in [0.15, 0.2) is 0 Å². The largest absolute Gasteiger partial charge is 0.395 e. The van der Waals surface area contributed by atoms with Crippen LogP contribution in [0.1, 0.15) is 0 Å². The Bertz CT molecular complexity index is 188. The summed E-state index contributed by atoms with van der Waals surface area (Å²) in [5.74, 6) is -0.576. The highest BCUT2D eigenvalue weighted by Gasteiger charge is 1.99. The fraction of sp³-hybridized carbons (Fsp3) is 1.00. The first-order chi connectivity index (χ1) is 6.06. The Hall–Kier alpha value is -0.210. The van der Waals surface area contributed by atoms with E-state index in [-0.39, 0.29) is 0 Å². The van der Waals surface area contributed by atoms with Crippen molar-refractivity contribution in [2.24, 2.45) is 0 Å². The normalized spacial score (nSPS) is 17.4. The summed E-state index contributed by atoms with van der Waals surface area (Å²) < 4.78 is 32.1. The molecule has 1 fully saturated rings. The fourth-order valence-corrected chi connectivity index (χ4v) is 0.862. The highest BCUT2D eigenvalue weighted by Crippen LogP contribution is 1.77. The number of hydrogen-bond donors (Lipinski definition) is 3. The van der Waals surface area contributed by atoms with Gasteiger partial charge in [-0.3, -0.25) is 4.55 Å². The van der Waals surface area contributed by atoms with Crippen molar-refractivity contribution in [1.82, 2.24) is 5.32 Å². The Morgan fingerprint density at radius 3 is 1.92 bits per heavy atom. The van der Waals surface area contributed by atoms with Crippen molar-refractivity contribution < 1.29 is 22.8 Å². The van der Waals surface area contributed by atoms with Crippen molar-refractivity contribution in [2.45, 2.75) is 0 Å². The van der Waals surface area contributed by atoms with Crippen LogP contribution in [0.3, 0.4) is 0 Å². The number of ether oxygens (including phenoxy) is 1. The maximum Gasteiger partial charge on any atom is 0.267 e. The second-order valence-electron chi connectivity index (χ2n) is 2.37. The van der Waals surface area contributed by atoms with Crippen molar-refractivity contribution in [2.75, 3.05) is 38.7 Å². The summed E-state index contributed by atoms with van der Waals surface area (Å²) in [6.45, 7) is 3.30. The SMILES string of the molecule is C1COCCN1.O=S(=O)(O)CCO. The summed E-state index contributed by atoms with van der Waals surface area (Å²) in [6.07, 6.45) is 0. The second-order valence-corrected chi connectivity index (χ2v) is 3.94. The molecule has 13 heavy (non-hydrogen) atoms. The molecule has 6 nitrogen and oxygen atoms in total.